The molecule has 0 amide bonds. The van der Waals surface area contributed by atoms with Gasteiger partial charge in [-0.15, -0.1) is 0 Å². The molecule has 0 heterocycles. The summed E-state index contributed by atoms with van der Waals surface area (Å²) >= 11 is 0. The number of aryl methyl sites for hydroxylation is 1. The molecule has 164 valence electrons. The Bertz CT molecular complexity index is 1180. The Morgan fingerprint density at radius 1 is 0.688 bits per heavy atom. The lowest BCUT2D eigenvalue weighted by molar-refractivity contribution is 0.404. The third-order valence-electron chi connectivity index (χ3n) is 4.56. The highest BCUT2D eigenvalue weighted by atomic mass is 32.2. The Morgan fingerprint density at radius 2 is 1.16 bits per heavy atom. The molecule has 0 saturated heterocycles. The number of methoxy groups -OCH3 is 1. The largest absolute Gasteiger partial charge is 0.744 e. The first-order chi connectivity index (χ1) is 15.4. The lowest BCUT2D eigenvalue weighted by Gasteiger charge is -2.10. The van der Waals surface area contributed by atoms with Gasteiger partial charge >= 0.3 is 0 Å². The van der Waals surface area contributed by atoms with E-state index in [9.17, 15) is 13.0 Å². The monoisotopic (exact) mass is 464 g/mol. The number of benzene rings is 4. The maximum absolute atomic E-state index is 10.4. The van der Waals surface area contributed by atoms with Crippen LogP contribution in [0.3, 0.4) is 0 Å². The van der Waals surface area contributed by atoms with Gasteiger partial charge in [0.2, 0.25) is 4.90 Å². The van der Waals surface area contributed by atoms with Crippen molar-refractivity contribution in [3.63, 3.8) is 0 Å². The Kier molecular flexibility index (Phi) is 8.11. The lowest BCUT2D eigenvalue weighted by atomic mass is 10.2. The Labute approximate surface area is 192 Å². The smallest absolute Gasteiger partial charge is 0.208 e. The van der Waals surface area contributed by atoms with E-state index in [0.717, 1.165) is 11.3 Å². The summed E-state index contributed by atoms with van der Waals surface area (Å²) in [6.07, 6.45) is 0. The van der Waals surface area contributed by atoms with Gasteiger partial charge in [0.1, 0.15) is 21.0 Å². The van der Waals surface area contributed by atoms with Gasteiger partial charge in [-0.1, -0.05) is 66.2 Å². The van der Waals surface area contributed by atoms with Gasteiger partial charge in [-0.2, -0.15) is 0 Å². The van der Waals surface area contributed by atoms with E-state index in [2.05, 4.69) is 72.8 Å². The minimum absolute atomic E-state index is 0.151. The van der Waals surface area contributed by atoms with Gasteiger partial charge in [-0.3, -0.25) is 0 Å². The molecule has 0 aromatic heterocycles. The van der Waals surface area contributed by atoms with Crippen molar-refractivity contribution in [1.29, 1.82) is 0 Å². The molecule has 0 unspecified atom stereocenters. The van der Waals surface area contributed by atoms with Crippen molar-refractivity contribution in [1.82, 2.24) is 0 Å². The molecular formula is C26H24O4S2. The fourth-order valence-electron chi connectivity index (χ4n) is 3.00. The Morgan fingerprint density at radius 3 is 1.62 bits per heavy atom. The molecule has 0 N–H and O–H groups in total. The van der Waals surface area contributed by atoms with E-state index in [4.69, 9.17) is 4.74 Å². The van der Waals surface area contributed by atoms with E-state index in [0.29, 0.717) is 0 Å². The highest BCUT2D eigenvalue weighted by Gasteiger charge is 2.31. The number of para-hydroxylation sites is 1. The van der Waals surface area contributed by atoms with Crippen molar-refractivity contribution in [2.45, 2.75) is 26.5 Å². The van der Waals surface area contributed by atoms with Crippen molar-refractivity contribution >= 4 is 21.0 Å². The van der Waals surface area contributed by atoms with Gasteiger partial charge in [0.25, 0.3) is 0 Å². The summed E-state index contributed by atoms with van der Waals surface area (Å²) in [6.45, 7) is 1.82. The Balaban J connectivity index is 0.000000222. The zero-order valence-corrected chi connectivity index (χ0v) is 19.5. The second kappa shape index (κ2) is 11.0. The second-order valence-corrected chi connectivity index (χ2v) is 10.2. The van der Waals surface area contributed by atoms with Crippen LogP contribution in [-0.2, 0) is 21.0 Å². The van der Waals surface area contributed by atoms with Crippen LogP contribution in [0.4, 0.5) is 0 Å². The summed E-state index contributed by atoms with van der Waals surface area (Å²) < 4.78 is 36.7. The van der Waals surface area contributed by atoms with Crippen LogP contribution in [-0.4, -0.2) is 20.1 Å². The molecule has 4 aromatic carbocycles. The van der Waals surface area contributed by atoms with Crippen LogP contribution in [0.2, 0.25) is 0 Å². The van der Waals surface area contributed by atoms with Gasteiger partial charge in [0.05, 0.1) is 12.0 Å². The first kappa shape index (κ1) is 23.6. The van der Waals surface area contributed by atoms with E-state index >= 15 is 0 Å². The molecule has 4 aromatic rings. The topological polar surface area (TPSA) is 66.4 Å². The molecule has 0 radical (unpaired) electrons. The molecule has 0 bridgehead atoms. The van der Waals surface area contributed by atoms with Gasteiger partial charge < -0.3 is 9.29 Å². The SMILES string of the molecule is COc1ccccc1[S+](c1ccccc1)c1ccccc1.Cc1ccc(S(=O)(=O)[O-])cc1. The molecule has 32 heavy (non-hydrogen) atoms. The Hall–Kier alpha value is -3.06. The van der Waals surface area contributed by atoms with E-state index in [1.807, 2.05) is 19.1 Å². The molecule has 0 aliphatic carbocycles. The molecular weight excluding hydrogens is 440 g/mol. The third kappa shape index (κ3) is 6.23. The predicted molar refractivity (Wildman–Crippen MR) is 127 cm³/mol. The lowest BCUT2D eigenvalue weighted by Crippen LogP contribution is -2.06. The van der Waals surface area contributed by atoms with E-state index in [1.54, 1.807) is 19.2 Å². The number of hydrogen-bond donors (Lipinski definition) is 0. The normalized spacial score (nSPS) is 10.9. The van der Waals surface area contributed by atoms with Crippen molar-refractivity contribution in [2.75, 3.05) is 7.11 Å². The molecule has 0 aliphatic heterocycles. The van der Waals surface area contributed by atoms with Gasteiger partial charge in [-0.25, -0.2) is 8.42 Å². The number of ether oxygens (including phenoxy) is 1. The first-order valence-corrected chi connectivity index (χ1v) is 12.5. The van der Waals surface area contributed by atoms with Crippen LogP contribution in [0.25, 0.3) is 0 Å². The zero-order chi connectivity index (χ0) is 23.0. The molecule has 0 fully saturated rings. The molecule has 4 rings (SSSR count). The van der Waals surface area contributed by atoms with Gasteiger partial charge in [0, 0.05) is 0 Å². The van der Waals surface area contributed by atoms with E-state index in [-0.39, 0.29) is 15.8 Å². The van der Waals surface area contributed by atoms with Gasteiger partial charge in [-0.05, 0) is 55.5 Å². The summed E-state index contributed by atoms with van der Waals surface area (Å²) in [5.41, 5.74) is 0.928. The van der Waals surface area contributed by atoms with E-state index < -0.39 is 10.1 Å². The van der Waals surface area contributed by atoms with Crippen LogP contribution < -0.4 is 4.74 Å². The predicted octanol–water partition coefficient (Wildman–Crippen LogP) is 5.69. The average molecular weight is 465 g/mol. The fraction of sp³-hybridized carbons (Fsp3) is 0.0769. The number of hydrogen-bond acceptors (Lipinski definition) is 4. The fourth-order valence-corrected chi connectivity index (χ4v) is 5.67. The van der Waals surface area contributed by atoms with E-state index in [1.165, 1.54) is 26.8 Å². The summed E-state index contributed by atoms with van der Waals surface area (Å²) in [5.74, 6) is 0.938. The van der Waals surface area contributed by atoms with Crippen LogP contribution >= 0.6 is 0 Å². The molecule has 0 aliphatic rings. The van der Waals surface area contributed by atoms with Gasteiger partial charge in [0.15, 0.2) is 15.5 Å². The zero-order valence-electron chi connectivity index (χ0n) is 17.8. The standard InChI is InChI=1S/C19H17OS.C7H8O3S/c1-20-18-14-8-9-15-19(18)21(16-10-4-2-5-11-16)17-12-6-3-7-13-17;1-6-2-4-7(5-3-6)11(8,9)10/h2-15H,1H3;2-5H,1H3,(H,8,9,10)/q+1;/p-1. The van der Waals surface area contributed by atoms with Crippen LogP contribution in [0.1, 0.15) is 5.56 Å². The molecule has 0 saturated carbocycles. The summed E-state index contributed by atoms with van der Waals surface area (Å²) in [6, 6.07) is 35.3. The minimum atomic E-state index is -4.27. The summed E-state index contributed by atoms with van der Waals surface area (Å²) in [5, 5.41) is 0. The molecule has 6 heteroatoms. The highest BCUT2D eigenvalue weighted by Crippen LogP contribution is 2.36. The van der Waals surface area contributed by atoms with Crippen molar-refractivity contribution in [2.24, 2.45) is 0 Å². The maximum Gasteiger partial charge on any atom is 0.208 e. The maximum atomic E-state index is 10.4. The second-order valence-electron chi connectivity index (χ2n) is 6.85. The van der Waals surface area contributed by atoms with Crippen molar-refractivity contribution in [3.05, 3.63) is 115 Å². The highest BCUT2D eigenvalue weighted by molar-refractivity contribution is 7.97. The molecule has 0 spiro atoms. The summed E-state index contributed by atoms with van der Waals surface area (Å²) in [7, 11) is -2.69. The molecule has 0 atom stereocenters. The number of rotatable bonds is 5. The van der Waals surface area contributed by atoms with Crippen LogP contribution in [0.15, 0.2) is 129 Å². The quantitative estimate of drug-likeness (QED) is 0.281. The van der Waals surface area contributed by atoms with Crippen LogP contribution in [0, 0.1) is 6.92 Å². The first-order valence-electron chi connectivity index (χ1n) is 9.90. The average Bonchev–Trinajstić information content (AvgIpc) is 2.81. The van der Waals surface area contributed by atoms with Crippen LogP contribution in [0.5, 0.6) is 5.75 Å². The minimum Gasteiger partial charge on any atom is -0.744 e. The third-order valence-corrected chi connectivity index (χ3v) is 7.67. The summed E-state index contributed by atoms with van der Waals surface area (Å²) in [4.78, 5) is 3.64. The van der Waals surface area contributed by atoms with Crippen molar-refractivity contribution < 1.29 is 17.7 Å². The van der Waals surface area contributed by atoms with Crippen molar-refractivity contribution in [3.8, 4) is 5.75 Å². The molecule has 4 nitrogen and oxygen atoms in total.